The molecule has 2 aromatic rings. The molecule has 0 aliphatic heterocycles. The maximum atomic E-state index is 6.40. The zero-order valence-corrected chi connectivity index (χ0v) is 18.8. The molecule has 0 saturated carbocycles. The first-order valence-corrected chi connectivity index (χ1v) is 12.4. The highest BCUT2D eigenvalue weighted by Crippen LogP contribution is 2.29. The Morgan fingerprint density at radius 1 is 1.07 bits per heavy atom. The first kappa shape index (κ1) is 20.3. The van der Waals surface area contributed by atoms with Crippen LogP contribution in [0.25, 0.3) is 0 Å². The van der Waals surface area contributed by atoms with Gasteiger partial charge in [0.1, 0.15) is 5.75 Å². The van der Waals surface area contributed by atoms with Gasteiger partial charge in [-0.3, -0.25) is 0 Å². The van der Waals surface area contributed by atoms with Crippen molar-refractivity contribution in [1.29, 1.82) is 0 Å². The van der Waals surface area contributed by atoms with E-state index in [-0.39, 0.29) is 0 Å². The molecule has 0 spiro atoms. The topological polar surface area (TPSA) is 9.23 Å². The van der Waals surface area contributed by atoms with Crippen LogP contribution >= 0.6 is 17.2 Å². The summed E-state index contributed by atoms with van der Waals surface area (Å²) in [6.07, 6.45) is 11.0. The van der Waals surface area contributed by atoms with Gasteiger partial charge in [-0.15, -0.1) is 8.58 Å². The highest BCUT2D eigenvalue weighted by molar-refractivity contribution is 7.56. The predicted molar refractivity (Wildman–Crippen MR) is 125 cm³/mol. The molecule has 0 saturated heterocycles. The lowest BCUT2D eigenvalue weighted by Crippen LogP contribution is -2.18. The average Bonchev–Trinajstić information content (AvgIpc) is 2.65. The molecule has 1 aliphatic rings. The smallest absolute Gasteiger partial charge is 0.129 e. The monoisotopic (exact) mass is 396 g/mol. The van der Waals surface area contributed by atoms with Crippen molar-refractivity contribution in [1.82, 2.24) is 0 Å². The van der Waals surface area contributed by atoms with E-state index >= 15 is 0 Å². The molecule has 3 rings (SSSR count). The molecule has 0 N–H and O–H groups in total. The largest absolute Gasteiger partial charge is 0.492 e. The van der Waals surface area contributed by atoms with E-state index in [4.69, 9.17) is 4.74 Å². The van der Waals surface area contributed by atoms with Crippen molar-refractivity contribution in [3.8, 4) is 5.75 Å². The number of rotatable bonds is 7. The van der Waals surface area contributed by atoms with Crippen LogP contribution in [-0.2, 0) is 6.16 Å². The second-order valence-electron chi connectivity index (χ2n) is 7.34. The first-order valence-electron chi connectivity index (χ1n) is 9.66. The molecule has 2 aromatic carbocycles. The molecule has 0 aromatic heterocycles. The summed E-state index contributed by atoms with van der Waals surface area (Å²) in [6.45, 7) is 9.64. The fourth-order valence-electron chi connectivity index (χ4n) is 3.56. The minimum absolute atomic E-state index is 0.474. The van der Waals surface area contributed by atoms with Crippen LogP contribution < -0.4 is 15.3 Å². The Morgan fingerprint density at radius 2 is 1.93 bits per heavy atom. The Balaban J connectivity index is 1.89. The lowest BCUT2D eigenvalue weighted by atomic mass is 10.0. The van der Waals surface area contributed by atoms with Gasteiger partial charge in [0.05, 0.1) is 6.61 Å². The fourth-order valence-corrected chi connectivity index (χ4v) is 5.98. The Hall–Kier alpha value is -1.42. The van der Waals surface area contributed by atoms with Crippen LogP contribution in [-0.4, -0.2) is 13.3 Å². The van der Waals surface area contributed by atoms with Crippen molar-refractivity contribution >= 4 is 27.8 Å². The Kier molecular flexibility index (Phi) is 7.28. The highest BCUT2D eigenvalue weighted by Gasteiger charge is 2.15. The van der Waals surface area contributed by atoms with Gasteiger partial charge in [-0.1, -0.05) is 57.2 Å². The van der Waals surface area contributed by atoms with Crippen molar-refractivity contribution in [2.24, 2.45) is 5.92 Å². The third kappa shape index (κ3) is 5.31. The lowest BCUT2D eigenvalue weighted by molar-refractivity contribution is 0.276. The van der Waals surface area contributed by atoms with Gasteiger partial charge in [0.25, 0.3) is 0 Å². The minimum Gasteiger partial charge on any atom is -0.492 e. The van der Waals surface area contributed by atoms with E-state index in [2.05, 4.69) is 82.1 Å². The first-order chi connectivity index (χ1) is 13.1. The van der Waals surface area contributed by atoms with Gasteiger partial charge in [-0.2, -0.15) is 0 Å². The van der Waals surface area contributed by atoms with Crippen molar-refractivity contribution in [3.63, 3.8) is 0 Å². The SMILES string of the molecule is CPCc1cccc(C)c1Pc1cc(C)cc(C)c1OCC1C=CC=CC1. The molecular weight excluding hydrogens is 366 g/mol. The van der Waals surface area contributed by atoms with Crippen LogP contribution in [0.3, 0.4) is 0 Å². The van der Waals surface area contributed by atoms with Crippen LogP contribution in [0.5, 0.6) is 5.75 Å². The zero-order valence-electron chi connectivity index (χ0n) is 16.8. The van der Waals surface area contributed by atoms with Crippen LogP contribution in [0.2, 0.25) is 0 Å². The summed E-state index contributed by atoms with van der Waals surface area (Å²) >= 11 is 0. The van der Waals surface area contributed by atoms with E-state index in [1.165, 1.54) is 39.0 Å². The normalized spacial score (nSPS) is 16.8. The molecule has 3 heteroatoms. The fraction of sp³-hybridized carbons (Fsp3) is 0.333. The molecule has 0 fully saturated rings. The molecule has 0 radical (unpaired) electrons. The van der Waals surface area contributed by atoms with E-state index < -0.39 is 0 Å². The van der Waals surface area contributed by atoms with Gasteiger partial charge in [0.2, 0.25) is 0 Å². The van der Waals surface area contributed by atoms with Gasteiger partial charge in [0.15, 0.2) is 0 Å². The van der Waals surface area contributed by atoms with Gasteiger partial charge in [-0.25, -0.2) is 0 Å². The maximum Gasteiger partial charge on any atom is 0.129 e. The molecule has 27 heavy (non-hydrogen) atoms. The van der Waals surface area contributed by atoms with E-state index in [1.807, 2.05) is 0 Å². The third-order valence-corrected chi connectivity index (χ3v) is 7.26. The predicted octanol–water partition coefficient (Wildman–Crippen LogP) is 5.56. The van der Waals surface area contributed by atoms with Gasteiger partial charge < -0.3 is 4.74 Å². The number of benzene rings is 2. The van der Waals surface area contributed by atoms with Crippen molar-refractivity contribution in [2.75, 3.05) is 13.3 Å². The Morgan fingerprint density at radius 3 is 2.67 bits per heavy atom. The van der Waals surface area contributed by atoms with E-state index in [0.717, 1.165) is 27.4 Å². The standard InChI is InChI=1S/C24H30OP2/c1-17-13-19(3)23(25-15-20-10-6-5-7-11-20)22(14-17)27-24-18(2)9-8-12-21(24)16-26-4/h5-10,12-14,20,26-27H,11,15-16H2,1-4H3. The van der Waals surface area contributed by atoms with Crippen molar-refractivity contribution in [2.45, 2.75) is 33.4 Å². The lowest BCUT2D eigenvalue weighted by Gasteiger charge is -2.20. The Labute approximate surface area is 167 Å². The summed E-state index contributed by atoms with van der Waals surface area (Å²) in [6, 6.07) is 11.3. The van der Waals surface area contributed by atoms with Crippen molar-refractivity contribution in [3.05, 3.63) is 76.9 Å². The molecule has 3 unspecified atom stereocenters. The minimum atomic E-state index is 0.474. The molecule has 1 nitrogen and oxygen atoms in total. The number of aryl methyl sites for hydroxylation is 3. The average molecular weight is 396 g/mol. The summed E-state index contributed by atoms with van der Waals surface area (Å²) in [7, 11) is 1.59. The number of ether oxygens (including phenoxy) is 1. The van der Waals surface area contributed by atoms with Crippen LogP contribution in [0.15, 0.2) is 54.6 Å². The number of hydrogen-bond donors (Lipinski definition) is 0. The summed E-state index contributed by atoms with van der Waals surface area (Å²) < 4.78 is 6.40. The van der Waals surface area contributed by atoms with Gasteiger partial charge in [0, 0.05) is 11.2 Å². The summed E-state index contributed by atoms with van der Waals surface area (Å²) in [5.41, 5.74) is 5.46. The molecule has 0 bridgehead atoms. The molecule has 142 valence electrons. The molecule has 0 amide bonds. The molecule has 0 heterocycles. The summed E-state index contributed by atoms with van der Waals surface area (Å²) in [4.78, 5) is 0. The second kappa shape index (κ2) is 9.68. The van der Waals surface area contributed by atoms with Gasteiger partial charge >= 0.3 is 0 Å². The van der Waals surface area contributed by atoms with E-state index in [0.29, 0.717) is 14.5 Å². The second-order valence-corrected chi connectivity index (χ2v) is 9.69. The Bertz CT molecular complexity index is 852. The third-order valence-electron chi connectivity index (χ3n) is 4.92. The van der Waals surface area contributed by atoms with Crippen LogP contribution in [0, 0.1) is 26.7 Å². The maximum absolute atomic E-state index is 6.40. The number of hydrogen-bond acceptors (Lipinski definition) is 1. The quantitative estimate of drug-likeness (QED) is 0.557. The molecule has 3 atom stereocenters. The molecule has 1 aliphatic carbocycles. The van der Waals surface area contributed by atoms with Crippen molar-refractivity contribution < 1.29 is 4.74 Å². The van der Waals surface area contributed by atoms with E-state index in [1.54, 1.807) is 0 Å². The van der Waals surface area contributed by atoms with E-state index in [9.17, 15) is 0 Å². The summed E-state index contributed by atoms with van der Waals surface area (Å²) in [5.74, 6) is 1.57. The van der Waals surface area contributed by atoms with Crippen LogP contribution in [0.4, 0.5) is 0 Å². The van der Waals surface area contributed by atoms with Gasteiger partial charge in [-0.05, 0) is 73.6 Å². The molecular formula is C24H30OP2. The zero-order chi connectivity index (χ0) is 19.2. The van der Waals surface area contributed by atoms with Crippen LogP contribution in [0.1, 0.15) is 28.7 Å². The number of allylic oxidation sites excluding steroid dienone is 3. The highest BCUT2D eigenvalue weighted by atomic mass is 31.1. The summed E-state index contributed by atoms with van der Waals surface area (Å²) in [5, 5.41) is 2.85.